The Morgan fingerprint density at radius 2 is 1.76 bits per heavy atom. The Balaban J connectivity index is 2.34. The average Bonchev–Trinajstić information content (AvgIpc) is 2.80. The Hall–Kier alpha value is -2.47. The topological polar surface area (TPSA) is 49.9 Å². The van der Waals surface area contributed by atoms with Crippen LogP contribution in [0.1, 0.15) is 25.3 Å². The van der Waals surface area contributed by atoms with Crippen LogP contribution in [0, 0.1) is 5.82 Å². The molecule has 0 amide bonds. The molecule has 1 aliphatic heterocycles. The van der Waals surface area contributed by atoms with Crippen LogP contribution in [0.25, 0.3) is 0 Å². The molecular formula is C21H22F6N2O3S. The molecule has 182 valence electrons. The van der Waals surface area contributed by atoms with E-state index in [0.29, 0.717) is 6.07 Å². The van der Waals surface area contributed by atoms with Crippen LogP contribution in [0.15, 0.2) is 41.3 Å². The lowest BCUT2D eigenvalue weighted by Gasteiger charge is -2.39. The molecule has 0 aromatic heterocycles. The van der Waals surface area contributed by atoms with E-state index in [4.69, 9.17) is 4.74 Å². The second-order valence-electron chi connectivity index (χ2n) is 7.98. The highest BCUT2D eigenvalue weighted by Crippen LogP contribution is 2.47. The molecule has 12 heteroatoms. The minimum absolute atomic E-state index is 0.199. The van der Waals surface area contributed by atoms with Crippen molar-refractivity contribution < 1.29 is 39.5 Å². The molecule has 0 radical (unpaired) electrons. The largest absolute Gasteiger partial charge is 0.496 e. The van der Waals surface area contributed by atoms with Gasteiger partial charge >= 0.3 is 6.18 Å². The third kappa shape index (κ3) is 4.77. The molecule has 0 aliphatic carbocycles. The first-order valence-corrected chi connectivity index (χ1v) is 11.2. The molecule has 1 atom stereocenters. The zero-order valence-electron chi connectivity index (χ0n) is 18.0. The van der Waals surface area contributed by atoms with E-state index in [-0.39, 0.29) is 24.3 Å². The second kappa shape index (κ2) is 8.71. The van der Waals surface area contributed by atoms with Crippen LogP contribution in [0.4, 0.5) is 37.7 Å². The Morgan fingerprint density at radius 1 is 1.15 bits per heavy atom. The zero-order chi connectivity index (χ0) is 24.8. The van der Waals surface area contributed by atoms with Gasteiger partial charge in [-0.3, -0.25) is 0 Å². The minimum Gasteiger partial charge on any atom is -0.496 e. The van der Waals surface area contributed by atoms with Gasteiger partial charge in [0, 0.05) is 31.8 Å². The van der Waals surface area contributed by atoms with Gasteiger partial charge in [0.15, 0.2) is 0 Å². The Bertz CT molecular complexity index is 1120. The maximum Gasteiger partial charge on any atom is 0.420 e. The fourth-order valence-corrected chi connectivity index (χ4v) is 5.54. The van der Waals surface area contributed by atoms with Crippen molar-refractivity contribution in [2.75, 3.05) is 25.6 Å². The lowest BCUT2D eigenvalue weighted by molar-refractivity contribution is -0.138. The standard InChI is InChI=1S/C21H22F6N2O3S/c1-20(9-8-19(23)24)12-29(14-6-4-13(22)5-7-14)16-10-15(21(25,26)27)17(32-3)11-18(16)33(30,31)28(20)2/h4-7,10-11,19H,8-9,12H2,1-3H3. The third-order valence-corrected chi connectivity index (χ3v) is 7.86. The van der Waals surface area contributed by atoms with E-state index in [1.54, 1.807) is 0 Å². The Labute approximate surface area is 187 Å². The molecule has 33 heavy (non-hydrogen) atoms. The van der Waals surface area contributed by atoms with Crippen LogP contribution in [0.2, 0.25) is 0 Å². The van der Waals surface area contributed by atoms with E-state index in [1.165, 1.54) is 31.0 Å². The quantitative estimate of drug-likeness (QED) is 0.518. The number of rotatable bonds is 5. The van der Waals surface area contributed by atoms with Crippen LogP contribution in [-0.2, 0) is 16.2 Å². The molecule has 2 aromatic carbocycles. The number of sulfonamides is 1. The van der Waals surface area contributed by atoms with E-state index >= 15 is 0 Å². The first kappa shape index (κ1) is 25.2. The molecule has 3 rings (SSSR count). The van der Waals surface area contributed by atoms with Crippen LogP contribution in [-0.4, -0.2) is 45.4 Å². The summed E-state index contributed by atoms with van der Waals surface area (Å²) in [6.07, 6.45) is -8.47. The fourth-order valence-electron chi connectivity index (χ4n) is 3.83. The lowest BCUT2D eigenvalue weighted by Crippen LogP contribution is -2.51. The maximum absolute atomic E-state index is 13.7. The van der Waals surface area contributed by atoms with Gasteiger partial charge in [-0.25, -0.2) is 21.6 Å². The molecule has 0 fully saturated rings. The summed E-state index contributed by atoms with van der Waals surface area (Å²) in [4.78, 5) is 0.788. The predicted octanol–water partition coefficient (Wildman–Crippen LogP) is 5.43. The van der Waals surface area contributed by atoms with Gasteiger partial charge in [0.1, 0.15) is 16.5 Å². The lowest BCUT2D eigenvalue weighted by atomic mass is 9.94. The molecule has 1 aliphatic rings. The summed E-state index contributed by atoms with van der Waals surface area (Å²) in [5.74, 6) is -1.31. The summed E-state index contributed by atoms with van der Waals surface area (Å²) in [6, 6.07) is 6.14. The van der Waals surface area contributed by atoms with Crippen LogP contribution >= 0.6 is 0 Å². The highest BCUT2D eigenvalue weighted by atomic mass is 32.2. The molecule has 0 saturated carbocycles. The van der Waals surface area contributed by atoms with Gasteiger partial charge in [0.2, 0.25) is 16.4 Å². The van der Waals surface area contributed by atoms with E-state index in [1.807, 2.05) is 0 Å². The Kier molecular flexibility index (Phi) is 6.64. The SMILES string of the molecule is COc1cc2c(cc1C(F)(F)F)N(c1ccc(F)cc1)CC(C)(CCC(F)F)N(C)S2(=O)=O. The van der Waals surface area contributed by atoms with Crippen molar-refractivity contribution in [3.63, 3.8) is 0 Å². The molecule has 5 nitrogen and oxygen atoms in total. The fraction of sp³-hybridized carbons (Fsp3) is 0.429. The van der Waals surface area contributed by atoms with E-state index in [9.17, 15) is 34.8 Å². The van der Waals surface area contributed by atoms with Crippen molar-refractivity contribution in [1.29, 1.82) is 0 Å². The number of anilines is 2. The molecule has 0 bridgehead atoms. The van der Waals surface area contributed by atoms with Gasteiger partial charge in [-0.2, -0.15) is 17.5 Å². The number of halogens is 6. The molecule has 0 saturated heterocycles. The third-order valence-electron chi connectivity index (χ3n) is 5.81. The predicted molar refractivity (Wildman–Crippen MR) is 110 cm³/mol. The first-order valence-electron chi connectivity index (χ1n) is 9.80. The van der Waals surface area contributed by atoms with Gasteiger partial charge in [-0.05, 0) is 43.7 Å². The number of likely N-dealkylation sites (N-methyl/N-ethyl adjacent to an activating group) is 1. The summed E-state index contributed by atoms with van der Waals surface area (Å²) < 4.78 is 113. The van der Waals surface area contributed by atoms with Crippen molar-refractivity contribution in [1.82, 2.24) is 4.31 Å². The van der Waals surface area contributed by atoms with E-state index < -0.39 is 56.6 Å². The summed E-state index contributed by atoms with van der Waals surface area (Å²) in [7, 11) is -2.25. The van der Waals surface area contributed by atoms with Crippen LogP contribution in [0.5, 0.6) is 5.75 Å². The summed E-state index contributed by atoms with van der Waals surface area (Å²) >= 11 is 0. The normalized spacial score (nSPS) is 21.1. The number of hydrogen-bond acceptors (Lipinski definition) is 4. The highest BCUT2D eigenvalue weighted by molar-refractivity contribution is 7.89. The monoisotopic (exact) mass is 496 g/mol. The number of benzene rings is 2. The highest BCUT2D eigenvalue weighted by Gasteiger charge is 2.46. The average molecular weight is 496 g/mol. The number of ether oxygens (including phenoxy) is 1. The van der Waals surface area contributed by atoms with Crippen LogP contribution in [0.3, 0.4) is 0 Å². The van der Waals surface area contributed by atoms with Crippen molar-refractivity contribution in [3.8, 4) is 5.75 Å². The van der Waals surface area contributed by atoms with Crippen molar-refractivity contribution in [2.45, 2.75) is 42.8 Å². The van der Waals surface area contributed by atoms with Crippen LogP contribution < -0.4 is 9.64 Å². The van der Waals surface area contributed by atoms with Gasteiger partial charge in [-0.15, -0.1) is 0 Å². The number of hydrogen-bond donors (Lipinski definition) is 0. The second-order valence-corrected chi connectivity index (χ2v) is 9.92. The first-order chi connectivity index (χ1) is 15.2. The van der Waals surface area contributed by atoms with Gasteiger partial charge in [0.05, 0.1) is 23.9 Å². The zero-order valence-corrected chi connectivity index (χ0v) is 18.8. The smallest absolute Gasteiger partial charge is 0.420 e. The summed E-state index contributed by atoms with van der Waals surface area (Å²) in [5, 5.41) is 0. The molecular weight excluding hydrogens is 474 g/mol. The van der Waals surface area contributed by atoms with Crippen molar-refractivity contribution in [3.05, 3.63) is 47.8 Å². The number of alkyl halides is 5. The number of methoxy groups -OCH3 is 1. The molecule has 1 heterocycles. The Morgan fingerprint density at radius 3 is 2.27 bits per heavy atom. The van der Waals surface area contributed by atoms with Gasteiger partial charge in [-0.1, -0.05) is 0 Å². The molecule has 2 aromatic rings. The summed E-state index contributed by atoms with van der Waals surface area (Å²) in [6.45, 7) is 1.19. The maximum atomic E-state index is 13.7. The minimum atomic E-state index is -4.87. The van der Waals surface area contributed by atoms with Crippen molar-refractivity contribution >= 4 is 21.4 Å². The summed E-state index contributed by atoms with van der Waals surface area (Å²) in [5.41, 5.74) is -2.74. The molecule has 1 unspecified atom stereocenters. The van der Waals surface area contributed by atoms with E-state index in [2.05, 4.69) is 0 Å². The molecule has 0 spiro atoms. The van der Waals surface area contributed by atoms with Gasteiger partial charge in [0.25, 0.3) is 0 Å². The van der Waals surface area contributed by atoms with E-state index in [0.717, 1.165) is 29.6 Å². The number of nitrogens with zero attached hydrogens (tertiary/aromatic N) is 2. The number of fused-ring (bicyclic) bond motifs is 1. The van der Waals surface area contributed by atoms with Gasteiger partial charge < -0.3 is 9.64 Å². The molecule has 0 N–H and O–H groups in total. The van der Waals surface area contributed by atoms with Crippen molar-refractivity contribution in [2.24, 2.45) is 0 Å².